The van der Waals surface area contributed by atoms with Crippen LogP contribution in [-0.2, 0) is 4.79 Å². The van der Waals surface area contributed by atoms with Gasteiger partial charge in [0.1, 0.15) is 11.6 Å². The molecular weight excluding hydrogens is 458 g/mol. The van der Waals surface area contributed by atoms with E-state index in [2.05, 4.69) is 31.9 Å². The van der Waals surface area contributed by atoms with Crippen LogP contribution in [0, 0.1) is 23.5 Å². The molecule has 3 aromatic rings. The lowest BCUT2D eigenvalue weighted by Crippen LogP contribution is -2.47. The van der Waals surface area contributed by atoms with Gasteiger partial charge in [-0.15, -0.1) is 0 Å². The summed E-state index contributed by atoms with van der Waals surface area (Å²) in [7, 11) is 0. The molecule has 0 unspecified atom stereocenters. The summed E-state index contributed by atoms with van der Waals surface area (Å²) >= 11 is 0. The number of carbonyl (C=O) groups excluding carboxylic acids is 1. The molecule has 0 bridgehead atoms. The molecule has 1 fully saturated rings. The molecule has 0 saturated carbocycles. The Morgan fingerprint density at radius 2 is 1.58 bits per heavy atom. The first-order valence-corrected chi connectivity index (χ1v) is 11.9. The predicted octanol–water partition coefficient (Wildman–Crippen LogP) is 3.90. The Hall–Kier alpha value is -3.86. The van der Waals surface area contributed by atoms with Crippen LogP contribution in [-0.4, -0.2) is 60.0 Å². The largest absolute Gasteiger partial charge is 0.342 e. The third-order valence-electron chi connectivity index (χ3n) is 6.03. The van der Waals surface area contributed by atoms with Crippen molar-refractivity contribution < 1.29 is 13.6 Å². The Kier molecular flexibility index (Phi) is 8.92. The minimum atomic E-state index is -0.277. The molecule has 1 saturated heterocycles. The molecule has 0 radical (unpaired) electrons. The molecule has 1 aromatic heterocycles. The fourth-order valence-electron chi connectivity index (χ4n) is 4.15. The molecule has 5 nitrogen and oxygen atoms in total. The van der Waals surface area contributed by atoms with Crippen molar-refractivity contribution in [2.24, 2.45) is 0 Å². The van der Waals surface area contributed by atoms with Gasteiger partial charge in [-0.3, -0.25) is 19.6 Å². The van der Waals surface area contributed by atoms with Gasteiger partial charge in [-0.05, 0) is 53.1 Å². The van der Waals surface area contributed by atoms with Crippen LogP contribution in [0.25, 0.3) is 6.08 Å². The zero-order valence-electron chi connectivity index (χ0n) is 19.9. The van der Waals surface area contributed by atoms with Gasteiger partial charge >= 0.3 is 0 Å². The molecule has 2 aromatic carbocycles. The van der Waals surface area contributed by atoms with Gasteiger partial charge in [0.25, 0.3) is 0 Å². The highest BCUT2D eigenvalue weighted by Gasteiger charge is 2.26. The van der Waals surface area contributed by atoms with Crippen LogP contribution < -0.4 is 5.32 Å². The SMILES string of the molecule is O=C(/C=C/c1cccnc1)NCC#CCN1CCN(C(c2ccc(F)cc2)c2ccc(F)cc2)CC1. The van der Waals surface area contributed by atoms with Gasteiger partial charge in [-0.2, -0.15) is 0 Å². The number of aromatic nitrogens is 1. The van der Waals surface area contributed by atoms with E-state index >= 15 is 0 Å². The van der Waals surface area contributed by atoms with Crippen LogP contribution in [0.1, 0.15) is 22.7 Å². The van der Waals surface area contributed by atoms with Gasteiger partial charge in [0.2, 0.25) is 5.91 Å². The van der Waals surface area contributed by atoms with Crippen LogP contribution in [0.4, 0.5) is 8.78 Å². The molecule has 0 spiro atoms. The molecule has 2 heterocycles. The standard InChI is InChI=1S/C29H28F2N4O/c30-26-10-6-24(7-11-26)29(25-8-12-27(31)13-9-25)35-20-18-34(19-21-35)17-2-1-16-33-28(36)14-5-23-4-3-15-32-22-23/h3-15,22,29H,16-21H2,(H,33,36)/b14-5+. The molecular formula is C29H28F2N4O. The van der Waals surface area contributed by atoms with E-state index in [-0.39, 0.29) is 30.1 Å². The topological polar surface area (TPSA) is 48.5 Å². The van der Waals surface area contributed by atoms with Crippen molar-refractivity contribution in [2.75, 3.05) is 39.3 Å². The van der Waals surface area contributed by atoms with E-state index in [1.807, 2.05) is 12.1 Å². The summed E-state index contributed by atoms with van der Waals surface area (Å²) in [4.78, 5) is 20.5. The predicted molar refractivity (Wildman–Crippen MR) is 137 cm³/mol. The van der Waals surface area contributed by atoms with Gasteiger partial charge in [-0.1, -0.05) is 42.2 Å². The Morgan fingerprint density at radius 3 is 2.17 bits per heavy atom. The lowest BCUT2D eigenvalue weighted by molar-refractivity contribution is -0.116. The number of carbonyl (C=O) groups is 1. The van der Waals surface area contributed by atoms with Crippen molar-refractivity contribution in [3.05, 3.63) is 107 Å². The summed E-state index contributed by atoms with van der Waals surface area (Å²) < 4.78 is 27.0. The van der Waals surface area contributed by atoms with E-state index in [1.165, 1.54) is 30.3 Å². The molecule has 36 heavy (non-hydrogen) atoms. The molecule has 0 atom stereocenters. The first-order valence-electron chi connectivity index (χ1n) is 11.9. The van der Waals surface area contributed by atoms with Crippen molar-refractivity contribution in [3.8, 4) is 11.8 Å². The van der Waals surface area contributed by atoms with E-state index in [0.717, 1.165) is 42.9 Å². The maximum Gasteiger partial charge on any atom is 0.244 e. The number of pyridine rings is 1. The molecule has 0 aliphatic carbocycles. The normalized spacial score (nSPS) is 14.5. The Morgan fingerprint density at radius 1 is 0.944 bits per heavy atom. The smallest absolute Gasteiger partial charge is 0.244 e. The number of hydrogen-bond acceptors (Lipinski definition) is 4. The van der Waals surface area contributed by atoms with Crippen LogP contribution >= 0.6 is 0 Å². The lowest BCUT2D eigenvalue weighted by Gasteiger charge is -2.39. The molecule has 4 rings (SSSR count). The molecule has 7 heteroatoms. The van der Waals surface area contributed by atoms with Crippen LogP contribution in [0.15, 0.2) is 79.1 Å². The minimum Gasteiger partial charge on any atom is -0.342 e. The fraction of sp³-hybridized carbons (Fsp3) is 0.241. The summed E-state index contributed by atoms with van der Waals surface area (Å²) in [5, 5.41) is 2.76. The van der Waals surface area contributed by atoms with Crippen molar-refractivity contribution in [1.82, 2.24) is 20.1 Å². The van der Waals surface area contributed by atoms with Gasteiger partial charge in [0, 0.05) is 44.6 Å². The quantitative estimate of drug-likeness (QED) is 0.407. The highest BCUT2D eigenvalue weighted by Crippen LogP contribution is 2.30. The third kappa shape index (κ3) is 7.32. The second-order valence-corrected chi connectivity index (χ2v) is 8.51. The van der Waals surface area contributed by atoms with E-state index < -0.39 is 0 Å². The van der Waals surface area contributed by atoms with Gasteiger partial charge in [0.15, 0.2) is 0 Å². The van der Waals surface area contributed by atoms with Crippen molar-refractivity contribution in [1.29, 1.82) is 0 Å². The summed E-state index contributed by atoms with van der Waals surface area (Å²) in [6, 6.07) is 16.6. The van der Waals surface area contributed by atoms with Gasteiger partial charge < -0.3 is 5.32 Å². The highest BCUT2D eigenvalue weighted by molar-refractivity contribution is 5.91. The van der Waals surface area contributed by atoms with E-state index in [0.29, 0.717) is 6.54 Å². The maximum atomic E-state index is 13.5. The summed E-state index contributed by atoms with van der Waals surface area (Å²) in [6.45, 7) is 4.16. The molecule has 184 valence electrons. The second kappa shape index (κ2) is 12.7. The number of halogens is 2. The Labute approximate surface area is 210 Å². The van der Waals surface area contributed by atoms with Gasteiger partial charge in [-0.25, -0.2) is 8.78 Å². The van der Waals surface area contributed by atoms with Crippen molar-refractivity contribution >= 4 is 12.0 Å². The van der Waals surface area contributed by atoms with Crippen LogP contribution in [0.2, 0.25) is 0 Å². The lowest BCUT2D eigenvalue weighted by atomic mass is 9.96. The number of benzene rings is 2. The second-order valence-electron chi connectivity index (χ2n) is 8.51. The average Bonchev–Trinajstić information content (AvgIpc) is 2.91. The third-order valence-corrected chi connectivity index (χ3v) is 6.03. The maximum absolute atomic E-state index is 13.5. The van der Waals surface area contributed by atoms with Crippen molar-refractivity contribution in [3.63, 3.8) is 0 Å². The number of rotatable bonds is 7. The summed E-state index contributed by atoms with van der Waals surface area (Å²) in [5.41, 5.74) is 2.81. The van der Waals surface area contributed by atoms with Crippen molar-refractivity contribution in [2.45, 2.75) is 6.04 Å². The van der Waals surface area contributed by atoms with E-state index in [4.69, 9.17) is 0 Å². The Balaban J connectivity index is 1.27. The fourth-order valence-corrected chi connectivity index (χ4v) is 4.15. The number of amides is 1. The van der Waals surface area contributed by atoms with Crippen LogP contribution in [0.3, 0.4) is 0 Å². The van der Waals surface area contributed by atoms with E-state index in [1.54, 1.807) is 42.7 Å². The number of piperazine rings is 1. The minimum absolute atomic E-state index is 0.0747. The molecule has 1 amide bonds. The number of nitrogens with one attached hydrogen (secondary N) is 1. The summed E-state index contributed by atoms with van der Waals surface area (Å²) in [6.07, 6.45) is 6.55. The van der Waals surface area contributed by atoms with Gasteiger partial charge in [0.05, 0.1) is 19.1 Å². The first-order chi connectivity index (χ1) is 17.6. The van der Waals surface area contributed by atoms with Crippen LogP contribution in [0.5, 0.6) is 0 Å². The monoisotopic (exact) mass is 486 g/mol. The number of hydrogen-bond donors (Lipinski definition) is 1. The zero-order valence-corrected chi connectivity index (χ0v) is 19.9. The average molecular weight is 487 g/mol. The molecule has 1 aliphatic heterocycles. The van der Waals surface area contributed by atoms with E-state index in [9.17, 15) is 13.6 Å². The highest BCUT2D eigenvalue weighted by atomic mass is 19.1. The molecule has 1 aliphatic rings. The Bertz CT molecular complexity index is 1160. The summed E-state index contributed by atoms with van der Waals surface area (Å²) in [5.74, 6) is 5.38. The number of nitrogens with zero attached hydrogens (tertiary/aromatic N) is 3. The molecule has 1 N–H and O–H groups in total. The first kappa shape index (κ1) is 25.2. The zero-order chi connectivity index (χ0) is 25.2.